The lowest BCUT2D eigenvalue weighted by molar-refractivity contribution is -0.114. The molecule has 0 atom stereocenters. The van der Waals surface area contributed by atoms with E-state index in [4.69, 9.17) is 0 Å². The number of hydrogen-bond acceptors (Lipinski definition) is 3. The van der Waals surface area contributed by atoms with Crippen molar-refractivity contribution in [1.82, 2.24) is 16.1 Å². The van der Waals surface area contributed by atoms with Crippen LogP contribution in [0.3, 0.4) is 0 Å². The predicted molar refractivity (Wildman–Crippen MR) is 39.6 cm³/mol. The van der Waals surface area contributed by atoms with Gasteiger partial charge in [0.15, 0.2) is 0 Å². The molecule has 0 aromatic carbocycles. The van der Waals surface area contributed by atoms with Gasteiger partial charge in [-0.2, -0.15) is 5.10 Å². The monoisotopic (exact) mass is 144 g/mol. The Hall–Kier alpha value is -1.26. The van der Waals surface area contributed by atoms with Crippen molar-refractivity contribution in [1.29, 1.82) is 0 Å². The molecule has 0 aliphatic heterocycles. The van der Waals surface area contributed by atoms with Crippen LogP contribution in [0.25, 0.3) is 0 Å². The smallest absolute Gasteiger partial charge is 0.288 e. The summed E-state index contributed by atoms with van der Waals surface area (Å²) in [6.07, 6.45) is 0. The van der Waals surface area contributed by atoms with Crippen LogP contribution in [-0.4, -0.2) is 32.9 Å². The fourth-order valence-electron chi connectivity index (χ4n) is 0.450. The first-order chi connectivity index (χ1) is 4.76. The summed E-state index contributed by atoms with van der Waals surface area (Å²) < 4.78 is 0. The van der Waals surface area contributed by atoms with E-state index in [0.29, 0.717) is 0 Å². The van der Waals surface area contributed by atoms with Gasteiger partial charge in [-0.1, -0.05) is 0 Å². The van der Waals surface area contributed by atoms with Crippen molar-refractivity contribution < 1.29 is 4.79 Å². The Bertz CT molecular complexity index is 143. The summed E-state index contributed by atoms with van der Waals surface area (Å²) in [5.74, 6) is 0.0295. The largest absolute Gasteiger partial charge is 0.367 e. The van der Waals surface area contributed by atoms with Gasteiger partial charge >= 0.3 is 0 Å². The number of nitrogens with one attached hydrogen (secondary N) is 3. The third-order valence-corrected chi connectivity index (χ3v) is 0.903. The van der Waals surface area contributed by atoms with Gasteiger partial charge in [-0.25, -0.2) is 0 Å². The summed E-state index contributed by atoms with van der Waals surface area (Å²) in [7, 11) is 4.80. The summed E-state index contributed by atoms with van der Waals surface area (Å²) in [6, 6.07) is 0. The van der Waals surface area contributed by atoms with E-state index in [-0.39, 0.29) is 11.7 Å². The van der Waals surface area contributed by atoms with E-state index < -0.39 is 0 Å². The number of hydrogen-bond donors (Lipinski definition) is 3. The maximum absolute atomic E-state index is 10.8. The van der Waals surface area contributed by atoms with Crippen LogP contribution in [0.2, 0.25) is 0 Å². The summed E-state index contributed by atoms with van der Waals surface area (Å²) >= 11 is 0. The van der Waals surface area contributed by atoms with Gasteiger partial charge in [0, 0.05) is 21.1 Å². The molecule has 0 saturated carbocycles. The molecular weight excluding hydrogens is 132 g/mol. The molecule has 1 amide bonds. The predicted octanol–water partition coefficient (Wildman–Crippen LogP) is -1.52. The molecule has 0 aliphatic rings. The second-order valence-corrected chi connectivity index (χ2v) is 1.51. The lowest BCUT2D eigenvalue weighted by Gasteiger charge is -2.01. The molecular formula is C5H12N4O. The summed E-state index contributed by atoms with van der Waals surface area (Å²) in [5.41, 5.74) is 2.50. The summed E-state index contributed by atoms with van der Waals surface area (Å²) in [4.78, 5) is 10.8. The standard InChI is InChI=1S/C5H12N4O/c1-6-4(9-8-3)5(10)7-2/h8H,1-3H3,(H,6,9)(H,7,10). The third kappa shape index (κ3) is 2.34. The van der Waals surface area contributed by atoms with E-state index in [2.05, 4.69) is 21.2 Å². The highest BCUT2D eigenvalue weighted by molar-refractivity contribution is 6.37. The molecule has 0 fully saturated rings. The molecule has 3 N–H and O–H groups in total. The molecule has 0 aromatic rings. The first-order valence-electron chi connectivity index (χ1n) is 2.90. The minimum atomic E-state index is -0.239. The lowest BCUT2D eigenvalue weighted by atomic mass is 10.5. The number of carbonyl (C=O) groups is 1. The molecule has 58 valence electrons. The second-order valence-electron chi connectivity index (χ2n) is 1.51. The van der Waals surface area contributed by atoms with Crippen LogP contribution in [0.1, 0.15) is 0 Å². The molecule has 10 heavy (non-hydrogen) atoms. The minimum Gasteiger partial charge on any atom is -0.367 e. The van der Waals surface area contributed by atoms with E-state index in [1.807, 2.05) is 0 Å². The summed E-state index contributed by atoms with van der Waals surface area (Å²) in [6.45, 7) is 0. The average molecular weight is 144 g/mol. The third-order valence-electron chi connectivity index (χ3n) is 0.903. The number of amides is 1. The molecule has 0 unspecified atom stereocenters. The Morgan fingerprint density at radius 2 is 1.80 bits per heavy atom. The zero-order chi connectivity index (χ0) is 7.98. The molecule has 5 heteroatoms. The Morgan fingerprint density at radius 3 is 2.10 bits per heavy atom. The Morgan fingerprint density at radius 1 is 1.20 bits per heavy atom. The first-order valence-corrected chi connectivity index (χ1v) is 2.90. The molecule has 0 aromatic heterocycles. The van der Waals surface area contributed by atoms with Gasteiger partial charge in [-0.3, -0.25) is 4.79 Å². The Kier molecular flexibility index (Phi) is 4.02. The van der Waals surface area contributed by atoms with Crippen molar-refractivity contribution in [2.24, 2.45) is 5.10 Å². The highest BCUT2D eigenvalue weighted by Crippen LogP contribution is 1.68. The number of rotatable bonds is 1. The highest BCUT2D eigenvalue weighted by Gasteiger charge is 2.04. The van der Waals surface area contributed by atoms with Crippen LogP contribution in [0.4, 0.5) is 0 Å². The molecule has 0 radical (unpaired) electrons. The van der Waals surface area contributed by atoms with Crippen LogP contribution >= 0.6 is 0 Å². The van der Waals surface area contributed by atoms with Gasteiger partial charge in [0.2, 0.25) is 5.84 Å². The molecule has 0 rings (SSSR count). The van der Waals surface area contributed by atoms with Crippen molar-refractivity contribution in [3.05, 3.63) is 0 Å². The normalized spacial score (nSPS) is 10.5. The van der Waals surface area contributed by atoms with Gasteiger partial charge in [0.1, 0.15) is 0 Å². The van der Waals surface area contributed by atoms with E-state index in [1.54, 1.807) is 21.1 Å². The van der Waals surface area contributed by atoms with Crippen molar-refractivity contribution in [2.45, 2.75) is 0 Å². The topological polar surface area (TPSA) is 65.5 Å². The van der Waals surface area contributed by atoms with Crippen molar-refractivity contribution in [2.75, 3.05) is 21.1 Å². The molecule has 0 bridgehead atoms. The zero-order valence-corrected chi connectivity index (χ0v) is 6.36. The number of likely N-dealkylation sites (N-methyl/N-ethyl adjacent to an activating group) is 2. The maximum Gasteiger partial charge on any atom is 0.288 e. The Balaban J connectivity index is 4.06. The fraction of sp³-hybridized carbons (Fsp3) is 0.600. The van der Waals surface area contributed by atoms with Crippen LogP contribution in [0.15, 0.2) is 5.10 Å². The highest BCUT2D eigenvalue weighted by atomic mass is 16.2. The van der Waals surface area contributed by atoms with Gasteiger partial charge in [0.25, 0.3) is 5.91 Å². The lowest BCUT2D eigenvalue weighted by Crippen LogP contribution is -2.37. The van der Waals surface area contributed by atoms with E-state index >= 15 is 0 Å². The fourth-order valence-corrected chi connectivity index (χ4v) is 0.450. The van der Waals surface area contributed by atoms with E-state index in [9.17, 15) is 4.79 Å². The van der Waals surface area contributed by atoms with E-state index in [1.165, 1.54) is 0 Å². The van der Waals surface area contributed by atoms with Crippen LogP contribution in [0, 0.1) is 0 Å². The minimum absolute atomic E-state index is 0.239. The van der Waals surface area contributed by atoms with Gasteiger partial charge < -0.3 is 16.1 Å². The second kappa shape index (κ2) is 4.60. The summed E-state index contributed by atoms with van der Waals surface area (Å²) in [5, 5.41) is 8.71. The number of nitrogens with zero attached hydrogens (tertiary/aromatic N) is 1. The van der Waals surface area contributed by atoms with Gasteiger partial charge in [-0.05, 0) is 0 Å². The molecule has 0 spiro atoms. The van der Waals surface area contributed by atoms with Crippen molar-refractivity contribution in [3.63, 3.8) is 0 Å². The van der Waals surface area contributed by atoms with Crippen molar-refractivity contribution in [3.8, 4) is 0 Å². The van der Waals surface area contributed by atoms with Crippen LogP contribution in [0.5, 0.6) is 0 Å². The SMILES string of the molecule is CN/N=C(\NC)C(=O)NC. The van der Waals surface area contributed by atoms with Crippen LogP contribution in [-0.2, 0) is 4.79 Å². The molecule has 0 aliphatic carbocycles. The number of amidine groups is 1. The van der Waals surface area contributed by atoms with E-state index in [0.717, 1.165) is 0 Å². The molecule has 5 nitrogen and oxygen atoms in total. The molecule has 0 heterocycles. The maximum atomic E-state index is 10.8. The average Bonchev–Trinajstić information content (AvgIpc) is 1.99. The first kappa shape index (κ1) is 8.74. The quantitative estimate of drug-likeness (QED) is 0.238. The van der Waals surface area contributed by atoms with Gasteiger partial charge in [-0.15, -0.1) is 0 Å². The Labute approximate surface area is 59.9 Å². The van der Waals surface area contributed by atoms with Crippen molar-refractivity contribution >= 4 is 11.7 Å². The number of carbonyl (C=O) groups excluding carboxylic acids is 1. The zero-order valence-electron chi connectivity index (χ0n) is 6.36. The van der Waals surface area contributed by atoms with Crippen LogP contribution < -0.4 is 16.1 Å². The number of hydrazone groups is 1. The van der Waals surface area contributed by atoms with Gasteiger partial charge in [0.05, 0.1) is 0 Å². The molecule has 0 saturated heterocycles.